The van der Waals surface area contributed by atoms with Crippen LogP contribution in [0.15, 0.2) is 16.3 Å². The molecule has 1 aromatic rings. The van der Waals surface area contributed by atoms with Crippen LogP contribution in [-0.2, 0) is 19.6 Å². The Balaban J connectivity index is 2.25. The van der Waals surface area contributed by atoms with E-state index >= 15 is 0 Å². The first kappa shape index (κ1) is 14.9. The van der Waals surface area contributed by atoms with Crippen molar-refractivity contribution in [3.05, 3.63) is 17.0 Å². The zero-order valence-electron chi connectivity index (χ0n) is 10.5. The van der Waals surface area contributed by atoms with Crippen molar-refractivity contribution in [3.8, 4) is 6.07 Å². The van der Waals surface area contributed by atoms with Gasteiger partial charge in [-0.05, 0) is 19.1 Å². The van der Waals surface area contributed by atoms with Crippen molar-refractivity contribution >= 4 is 27.3 Å². The molecule has 7 nitrogen and oxygen atoms in total. The lowest BCUT2D eigenvalue weighted by atomic mass is 9.86. The summed E-state index contributed by atoms with van der Waals surface area (Å²) in [6.07, 6.45) is 0. The van der Waals surface area contributed by atoms with Crippen LogP contribution < -0.4 is 4.72 Å². The summed E-state index contributed by atoms with van der Waals surface area (Å²) in [5.74, 6) is -1.12. The Morgan fingerprint density at radius 3 is 2.90 bits per heavy atom. The highest BCUT2D eigenvalue weighted by Gasteiger charge is 2.48. The summed E-state index contributed by atoms with van der Waals surface area (Å²) < 4.78 is 31.8. The fourth-order valence-corrected chi connectivity index (χ4v) is 4.27. The second-order valence-electron chi connectivity index (χ2n) is 4.64. The third-order valence-corrected chi connectivity index (χ3v) is 6.15. The number of ether oxygens (including phenoxy) is 1. The minimum Gasteiger partial charge on any atom is -0.481 e. The van der Waals surface area contributed by atoms with E-state index in [-0.39, 0.29) is 22.3 Å². The zero-order valence-corrected chi connectivity index (χ0v) is 12.1. The molecular weight excluding hydrogens is 304 g/mol. The fraction of sp³-hybridized carbons (Fsp3) is 0.455. The van der Waals surface area contributed by atoms with E-state index in [9.17, 15) is 18.3 Å². The maximum absolute atomic E-state index is 12.2. The molecule has 2 unspecified atom stereocenters. The van der Waals surface area contributed by atoms with Crippen LogP contribution in [0.1, 0.15) is 11.8 Å². The maximum atomic E-state index is 12.2. The highest BCUT2D eigenvalue weighted by Crippen LogP contribution is 2.30. The molecule has 2 heterocycles. The van der Waals surface area contributed by atoms with Crippen LogP contribution in [0, 0.1) is 16.7 Å². The molecule has 108 valence electrons. The molecule has 1 saturated heterocycles. The van der Waals surface area contributed by atoms with Gasteiger partial charge in [-0.3, -0.25) is 4.79 Å². The molecule has 0 spiro atoms. The van der Waals surface area contributed by atoms with Crippen LogP contribution in [0.25, 0.3) is 0 Å². The summed E-state index contributed by atoms with van der Waals surface area (Å²) in [6, 6.07) is 3.73. The van der Waals surface area contributed by atoms with Crippen molar-refractivity contribution in [2.45, 2.75) is 17.2 Å². The molecule has 0 aromatic carbocycles. The highest BCUT2D eigenvalue weighted by atomic mass is 32.2. The van der Waals surface area contributed by atoms with Crippen LogP contribution in [0.5, 0.6) is 0 Å². The number of carboxylic acid groups (broad SMARTS) is 1. The molecule has 0 amide bonds. The lowest BCUT2D eigenvalue weighted by molar-refractivity contribution is -0.148. The molecule has 0 bridgehead atoms. The van der Waals surface area contributed by atoms with Gasteiger partial charge in [0.25, 0.3) is 0 Å². The van der Waals surface area contributed by atoms with Gasteiger partial charge in [-0.25, -0.2) is 13.1 Å². The molecule has 1 aromatic heterocycles. The Hall–Kier alpha value is -1.47. The molecule has 2 N–H and O–H groups in total. The SMILES string of the molecule is CC1(C(=O)O)COCC1NS(=O)(=O)c1ccc(C#N)s1. The molecule has 0 radical (unpaired) electrons. The predicted octanol–water partition coefficient (Wildman–Crippen LogP) is 0.388. The van der Waals surface area contributed by atoms with Gasteiger partial charge in [-0.1, -0.05) is 0 Å². The van der Waals surface area contributed by atoms with E-state index in [4.69, 9.17) is 10.00 Å². The number of aliphatic carboxylic acids is 1. The van der Waals surface area contributed by atoms with Crippen molar-refractivity contribution in [3.63, 3.8) is 0 Å². The van der Waals surface area contributed by atoms with E-state index < -0.39 is 27.4 Å². The second-order valence-corrected chi connectivity index (χ2v) is 7.67. The summed E-state index contributed by atoms with van der Waals surface area (Å²) in [7, 11) is -3.86. The van der Waals surface area contributed by atoms with Crippen LogP contribution in [0.2, 0.25) is 0 Å². The number of nitrogens with zero attached hydrogens (tertiary/aromatic N) is 1. The average molecular weight is 316 g/mol. The Morgan fingerprint density at radius 1 is 1.65 bits per heavy atom. The third-order valence-electron chi connectivity index (χ3n) is 3.20. The standard InChI is InChI=1S/C11H12N2O5S2/c1-11(10(14)15)6-18-5-8(11)13-20(16,17)9-3-2-7(4-12)19-9/h2-3,8,13H,5-6H2,1H3,(H,14,15). The average Bonchev–Trinajstić information content (AvgIpc) is 2.98. The molecule has 1 aliphatic rings. The number of sulfonamides is 1. The topological polar surface area (TPSA) is 116 Å². The van der Waals surface area contributed by atoms with Gasteiger partial charge in [0.1, 0.15) is 20.6 Å². The van der Waals surface area contributed by atoms with E-state index in [1.54, 1.807) is 0 Å². The number of hydrogen-bond acceptors (Lipinski definition) is 6. The number of hydrogen-bond donors (Lipinski definition) is 2. The Morgan fingerprint density at radius 2 is 2.35 bits per heavy atom. The number of carbonyl (C=O) groups is 1. The van der Waals surface area contributed by atoms with Gasteiger partial charge < -0.3 is 9.84 Å². The van der Waals surface area contributed by atoms with E-state index in [1.807, 2.05) is 6.07 Å². The Labute approximate surface area is 119 Å². The normalized spacial score (nSPS) is 26.3. The summed E-state index contributed by atoms with van der Waals surface area (Å²) in [6.45, 7) is 1.38. The van der Waals surface area contributed by atoms with Gasteiger partial charge in [0.15, 0.2) is 0 Å². The Kier molecular flexibility index (Phi) is 3.84. The summed E-state index contributed by atoms with van der Waals surface area (Å²) in [5.41, 5.74) is -1.30. The molecule has 1 fully saturated rings. The monoisotopic (exact) mass is 316 g/mol. The Bertz CT molecular complexity index is 675. The van der Waals surface area contributed by atoms with Gasteiger partial charge in [-0.2, -0.15) is 5.26 Å². The first-order valence-electron chi connectivity index (χ1n) is 5.63. The second kappa shape index (κ2) is 5.14. The highest BCUT2D eigenvalue weighted by molar-refractivity contribution is 7.91. The minimum atomic E-state index is -3.86. The quantitative estimate of drug-likeness (QED) is 0.830. The van der Waals surface area contributed by atoms with Gasteiger partial charge in [-0.15, -0.1) is 11.3 Å². The van der Waals surface area contributed by atoms with Crippen LogP contribution in [0.3, 0.4) is 0 Å². The molecule has 2 rings (SSSR count). The van der Waals surface area contributed by atoms with Gasteiger partial charge in [0.05, 0.1) is 19.3 Å². The van der Waals surface area contributed by atoms with Crippen LogP contribution in [-0.4, -0.2) is 38.7 Å². The number of nitriles is 1. The molecule has 20 heavy (non-hydrogen) atoms. The summed E-state index contributed by atoms with van der Waals surface area (Å²) in [5, 5.41) is 17.9. The van der Waals surface area contributed by atoms with E-state index in [0.29, 0.717) is 0 Å². The fourth-order valence-electron chi connectivity index (χ4n) is 1.82. The van der Waals surface area contributed by atoms with E-state index in [2.05, 4.69) is 4.72 Å². The molecule has 0 saturated carbocycles. The number of carboxylic acids is 1. The molecule has 2 atom stereocenters. The minimum absolute atomic E-state index is 0.00148. The van der Waals surface area contributed by atoms with Gasteiger partial charge in [0.2, 0.25) is 10.0 Å². The largest absolute Gasteiger partial charge is 0.481 e. The summed E-state index contributed by atoms with van der Waals surface area (Å²) >= 11 is 0.832. The van der Waals surface area contributed by atoms with Crippen molar-refractivity contribution < 1.29 is 23.1 Å². The van der Waals surface area contributed by atoms with Crippen molar-refractivity contribution in [1.29, 1.82) is 5.26 Å². The van der Waals surface area contributed by atoms with Crippen molar-refractivity contribution in [1.82, 2.24) is 4.72 Å². The first-order chi connectivity index (χ1) is 9.29. The lowest BCUT2D eigenvalue weighted by Crippen LogP contribution is -2.49. The zero-order chi connectivity index (χ0) is 15.0. The first-order valence-corrected chi connectivity index (χ1v) is 7.93. The smallest absolute Gasteiger partial charge is 0.313 e. The summed E-state index contributed by atoms with van der Waals surface area (Å²) in [4.78, 5) is 11.5. The molecule has 0 aliphatic carbocycles. The molecular formula is C11H12N2O5S2. The lowest BCUT2D eigenvalue weighted by Gasteiger charge is -2.24. The number of nitrogens with one attached hydrogen (secondary N) is 1. The van der Waals surface area contributed by atoms with Crippen molar-refractivity contribution in [2.75, 3.05) is 13.2 Å². The van der Waals surface area contributed by atoms with Crippen LogP contribution in [0.4, 0.5) is 0 Å². The van der Waals surface area contributed by atoms with E-state index in [0.717, 1.165) is 11.3 Å². The maximum Gasteiger partial charge on any atom is 0.313 e. The van der Waals surface area contributed by atoms with E-state index in [1.165, 1.54) is 19.1 Å². The molecule has 9 heteroatoms. The molecule has 1 aliphatic heterocycles. The predicted molar refractivity (Wildman–Crippen MR) is 69.7 cm³/mol. The number of thiophene rings is 1. The number of rotatable bonds is 4. The van der Waals surface area contributed by atoms with Crippen molar-refractivity contribution in [2.24, 2.45) is 5.41 Å². The third kappa shape index (κ3) is 2.55. The van der Waals surface area contributed by atoms with Crippen LogP contribution >= 0.6 is 11.3 Å². The van der Waals surface area contributed by atoms with Gasteiger partial charge >= 0.3 is 5.97 Å². The van der Waals surface area contributed by atoms with Gasteiger partial charge in [0, 0.05) is 0 Å².